The molecule has 2 aliphatic rings. The highest BCUT2D eigenvalue weighted by molar-refractivity contribution is 6.33. The molecule has 0 N–H and O–H groups in total. The minimum atomic E-state index is -0.322. The lowest BCUT2D eigenvalue weighted by Gasteiger charge is -2.30. The maximum atomic E-state index is 13.9. The van der Waals surface area contributed by atoms with E-state index in [1.165, 1.54) is 0 Å². The molecule has 1 aliphatic heterocycles. The summed E-state index contributed by atoms with van der Waals surface area (Å²) in [6.07, 6.45) is 4.85. The van der Waals surface area contributed by atoms with Crippen molar-refractivity contribution < 1.29 is 23.7 Å². The van der Waals surface area contributed by atoms with E-state index in [9.17, 15) is 4.79 Å². The molecule has 1 aliphatic carbocycles. The number of fused-ring (bicyclic) bond motifs is 1. The summed E-state index contributed by atoms with van der Waals surface area (Å²) in [5.41, 5.74) is 4.32. The Hall–Kier alpha value is -3.97. The number of benzene rings is 3. The van der Waals surface area contributed by atoms with Gasteiger partial charge in [-0.15, -0.1) is 0 Å². The fourth-order valence-electron chi connectivity index (χ4n) is 5.44. The molecule has 202 valence electrons. The lowest BCUT2D eigenvalue weighted by Crippen LogP contribution is -2.32. The molecule has 7 nitrogen and oxygen atoms in total. The third-order valence-corrected chi connectivity index (χ3v) is 7.64. The topological polar surface area (TPSA) is 69.6 Å². The maximum Gasteiger partial charge on any atom is 0.276 e. The van der Waals surface area contributed by atoms with Gasteiger partial charge in [-0.05, 0) is 78.4 Å². The molecule has 0 unspecified atom stereocenters. The van der Waals surface area contributed by atoms with Gasteiger partial charge < -0.3 is 18.9 Å². The third-order valence-electron chi connectivity index (χ3n) is 7.31. The second-order valence-electron chi connectivity index (χ2n) is 9.46. The number of ether oxygens (including phenoxy) is 4. The van der Waals surface area contributed by atoms with Crippen molar-refractivity contribution in [2.45, 2.75) is 25.3 Å². The normalized spacial score (nSPS) is 19.4. The van der Waals surface area contributed by atoms with E-state index < -0.39 is 0 Å². The molecule has 0 bridgehead atoms. The number of nitrogens with zero attached hydrogens (tertiary/aromatic N) is 2. The van der Waals surface area contributed by atoms with E-state index in [1.54, 1.807) is 45.6 Å². The lowest BCUT2D eigenvalue weighted by atomic mass is 9.77. The highest BCUT2D eigenvalue weighted by atomic mass is 35.5. The monoisotopic (exact) mass is 546 g/mol. The quantitative estimate of drug-likeness (QED) is 0.325. The van der Waals surface area contributed by atoms with Gasteiger partial charge in [-0.1, -0.05) is 35.9 Å². The van der Waals surface area contributed by atoms with E-state index in [1.807, 2.05) is 48.5 Å². The van der Waals surface area contributed by atoms with E-state index in [0.717, 1.165) is 41.7 Å². The Morgan fingerprint density at radius 3 is 2.26 bits per heavy atom. The summed E-state index contributed by atoms with van der Waals surface area (Å²) in [5.74, 6) is 2.32. The number of carbonyl (C=O) groups is 1. The van der Waals surface area contributed by atoms with Crippen LogP contribution in [0.4, 0.5) is 0 Å². The van der Waals surface area contributed by atoms with Crippen molar-refractivity contribution in [2.75, 3.05) is 28.4 Å². The molecule has 0 spiro atoms. The number of methoxy groups -OCH3 is 4. The van der Waals surface area contributed by atoms with Gasteiger partial charge in [0.05, 0.1) is 50.8 Å². The van der Waals surface area contributed by atoms with Crippen LogP contribution in [-0.2, 0) is 0 Å². The molecule has 3 aromatic carbocycles. The van der Waals surface area contributed by atoms with E-state index in [0.29, 0.717) is 33.6 Å². The number of carbonyl (C=O) groups excluding carboxylic acids is 1. The van der Waals surface area contributed by atoms with Gasteiger partial charge in [0.2, 0.25) is 0 Å². The Morgan fingerprint density at radius 1 is 0.897 bits per heavy atom. The zero-order chi connectivity index (χ0) is 27.5. The minimum Gasteiger partial charge on any atom is -0.493 e. The Balaban J connectivity index is 1.60. The van der Waals surface area contributed by atoms with Crippen LogP contribution in [0, 0.1) is 5.92 Å². The fourth-order valence-corrected chi connectivity index (χ4v) is 5.66. The molecule has 3 aromatic rings. The molecular weight excluding hydrogens is 516 g/mol. The Bertz CT molecular complexity index is 1450. The predicted octanol–water partition coefficient (Wildman–Crippen LogP) is 6.81. The van der Waals surface area contributed by atoms with Crippen LogP contribution in [-0.4, -0.2) is 45.1 Å². The van der Waals surface area contributed by atoms with Crippen LogP contribution in [0.15, 0.2) is 71.3 Å². The Labute approximate surface area is 233 Å². The average Bonchev–Trinajstić information content (AvgIpc) is 3.37. The van der Waals surface area contributed by atoms with Gasteiger partial charge >= 0.3 is 0 Å². The molecule has 2 atom stereocenters. The molecule has 39 heavy (non-hydrogen) atoms. The summed E-state index contributed by atoms with van der Waals surface area (Å²) in [4.78, 5) is 13.9. The van der Waals surface area contributed by atoms with Crippen LogP contribution >= 0.6 is 11.6 Å². The average molecular weight is 547 g/mol. The maximum absolute atomic E-state index is 13.9. The zero-order valence-corrected chi connectivity index (χ0v) is 23.2. The van der Waals surface area contributed by atoms with Crippen molar-refractivity contribution >= 4 is 29.3 Å². The number of hydrogen-bond acceptors (Lipinski definition) is 6. The summed E-state index contributed by atoms with van der Waals surface area (Å²) in [6.45, 7) is 0. The van der Waals surface area contributed by atoms with E-state index in [4.69, 9.17) is 35.6 Å². The molecule has 5 rings (SSSR count). The van der Waals surface area contributed by atoms with Crippen LogP contribution in [0.3, 0.4) is 0 Å². The third kappa shape index (κ3) is 5.06. The van der Waals surface area contributed by atoms with Crippen molar-refractivity contribution in [3.63, 3.8) is 0 Å². The number of amides is 1. The summed E-state index contributed by atoms with van der Waals surface area (Å²) in [5, 5.41) is 6.97. The molecule has 0 aromatic heterocycles. The van der Waals surface area contributed by atoms with Crippen LogP contribution in [0.5, 0.6) is 23.0 Å². The summed E-state index contributed by atoms with van der Waals surface area (Å²) in [7, 11) is 6.45. The van der Waals surface area contributed by atoms with Crippen molar-refractivity contribution in [2.24, 2.45) is 11.0 Å². The molecule has 1 fully saturated rings. The standard InChI is InChI=1S/C31H31ClN2O5/c1-36-25-14-12-19(17-27(25)38-3)16-20-8-7-10-23-29(20)33-34(31(35)22-9-5-6-11-24(22)32)30(23)21-13-15-26(37-2)28(18-21)39-4/h5-6,9,11-18,23,30H,7-8,10H2,1-4H3/b20-16+/t23-,30+/m0/s1. The minimum absolute atomic E-state index is 0.00897. The van der Waals surface area contributed by atoms with Gasteiger partial charge in [-0.3, -0.25) is 4.79 Å². The summed E-state index contributed by atoms with van der Waals surface area (Å²) >= 11 is 6.45. The molecule has 0 radical (unpaired) electrons. The SMILES string of the molecule is COc1ccc(/C=C2\CCC[C@H]3C2=NN(C(=O)c2ccccc2Cl)[C@@H]3c2ccc(OC)c(OC)c2)cc1OC. The molecular formula is C31H31ClN2O5. The summed E-state index contributed by atoms with van der Waals surface area (Å²) in [6, 6.07) is 18.4. The van der Waals surface area contributed by atoms with Crippen LogP contribution in [0.25, 0.3) is 6.08 Å². The number of allylic oxidation sites excluding steroid dienone is 1. The van der Waals surface area contributed by atoms with Gasteiger partial charge in [0.15, 0.2) is 23.0 Å². The zero-order valence-electron chi connectivity index (χ0n) is 22.4. The highest BCUT2D eigenvalue weighted by Gasteiger charge is 2.44. The second-order valence-corrected chi connectivity index (χ2v) is 9.86. The molecule has 8 heteroatoms. The van der Waals surface area contributed by atoms with Crippen molar-refractivity contribution in [1.29, 1.82) is 0 Å². The summed E-state index contributed by atoms with van der Waals surface area (Å²) < 4.78 is 22.0. The van der Waals surface area contributed by atoms with E-state index in [2.05, 4.69) is 6.08 Å². The van der Waals surface area contributed by atoms with Crippen LogP contribution < -0.4 is 18.9 Å². The Kier molecular flexibility index (Phi) is 7.79. The van der Waals surface area contributed by atoms with Crippen molar-refractivity contribution in [1.82, 2.24) is 5.01 Å². The van der Waals surface area contributed by atoms with Gasteiger partial charge in [0.25, 0.3) is 5.91 Å². The van der Waals surface area contributed by atoms with Gasteiger partial charge in [-0.2, -0.15) is 5.10 Å². The molecule has 1 saturated carbocycles. The van der Waals surface area contributed by atoms with E-state index >= 15 is 0 Å². The largest absolute Gasteiger partial charge is 0.493 e. The number of rotatable bonds is 7. The Morgan fingerprint density at radius 2 is 1.56 bits per heavy atom. The first-order valence-corrected chi connectivity index (χ1v) is 13.2. The van der Waals surface area contributed by atoms with Crippen LogP contribution in [0.1, 0.15) is 46.8 Å². The fraction of sp³-hybridized carbons (Fsp3) is 0.290. The smallest absolute Gasteiger partial charge is 0.276 e. The number of hydrazone groups is 1. The van der Waals surface area contributed by atoms with Crippen molar-refractivity contribution in [3.8, 4) is 23.0 Å². The number of halogens is 1. The van der Waals surface area contributed by atoms with Gasteiger partial charge in [-0.25, -0.2) is 5.01 Å². The lowest BCUT2D eigenvalue weighted by molar-refractivity contribution is 0.0680. The second kappa shape index (κ2) is 11.4. The first-order chi connectivity index (χ1) is 19.0. The number of hydrogen-bond donors (Lipinski definition) is 0. The molecule has 1 heterocycles. The van der Waals surface area contributed by atoms with Crippen molar-refractivity contribution in [3.05, 3.63) is 87.9 Å². The van der Waals surface area contributed by atoms with Crippen LogP contribution in [0.2, 0.25) is 5.02 Å². The highest BCUT2D eigenvalue weighted by Crippen LogP contribution is 2.46. The van der Waals surface area contributed by atoms with E-state index in [-0.39, 0.29) is 17.9 Å². The van der Waals surface area contributed by atoms with Gasteiger partial charge in [0.1, 0.15) is 0 Å². The molecule has 0 saturated heterocycles. The van der Waals surface area contributed by atoms with Gasteiger partial charge in [0, 0.05) is 5.92 Å². The first-order valence-electron chi connectivity index (χ1n) is 12.8. The first kappa shape index (κ1) is 26.6. The molecule has 1 amide bonds. The predicted molar refractivity (Wildman–Crippen MR) is 152 cm³/mol.